The fraction of sp³-hybridized carbons (Fsp3) is 0.438. The van der Waals surface area contributed by atoms with Crippen LogP contribution in [0, 0.1) is 11.7 Å². The summed E-state index contributed by atoms with van der Waals surface area (Å²) in [6.07, 6.45) is 8.21. The highest BCUT2D eigenvalue weighted by molar-refractivity contribution is 6.33. The number of methoxy groups -OCH3 is 2. The van der Waals surface area contributed by atoms with Crippen LogP contribution in [-0.4, -0.2) is 60.0 Å². The number of hydrogen-bond acceptors (Lipinski definition) is 7. The number of benzene rings is 2. The lowest BCUT2D eigenvalue weighted by Crippen LogP contribution is -2.40. The van der Waals surface area contributed by atoms with Crippen molar-refractivity contribution < 1.29 is 18.6 Å². The largest absolute Gasteiger partial charge is 0.367 e. The molecule has 4 aromatic rings. The van der Waals surface area contributed by atoms with E-state index in [1.165, 1.54) is 6.07 Å². The lowest BCUT2D eigenvalue weighted by Gasteiger charge is -2.31. The van der Waals surface area contributed by atoms with Crippen molar-refractivity contribution in [1.82, 2.24) is 19.9 Å². The molecule has 0 amide bonds. The van der Waals surface area contributed by atoms with Gasteiger partial charge in [0.1, 0.15) is 11.6 Å². The number of anilines is 1. The van der Waals surface area contributed by atoms with Gasteiger partial charge in [-0.1, -0.05) is 29.8 Å². The standard InChI is InChI=1S/C32H37ClFN5O3/c1-40-31-14-22(32(41-2)42-31)16-35-24-7-9-25(10-8-24)38-30-15-26(27(33)17-36-30)21-6-11-28-29(13-21)39(19-37-28)18-20-4-3-5-23(34)12-20/h3-6,11-13,15,17,19,22,24-25,31-32,35H,7-10,14,16,18H2,1-2H3,(H,36,38)/t22-,24?,25?,31?,32+/m1/s1. The topological polar surface area (TPSA) is 82.5 Å². The number of nitrogens with zero attached hydrogens (tertiary/aromatic N) is 3. The molecular weight excluding hydrogens is 557 g/mol. The summed E-state index contributed by atoms with van der Waals surface area (Å²) in [5.41, 5.74) is 4.60. The van der Waals surface area contributed by atoms with Gasteiger partial charge < -0.3 is 29.4 Å². The molecule has 2 aliphatic rings. The molecule has 0 radical (unpaired) electrons. The predicted molar refractivity (Wildman–Crippen MR) is 162 cm³/mol. The second kappa shape index (κ2) is 13.1. The first-order valence-corrected chi connectivity index (χ1v) is 14.9. The van der Waals surface area contributed by atoms with Crippen LogP contribution < -0.4 is 10.6 Å². The van der Waals surface area contributed by atoms with Crippen LogP contribution in [0.25, 0.3) is 22.2 Å². The number of pyridine rings is 1. The maximum atomic E-state index is 13.7. The molecule has 1 saturated heterocycles. The summed E-state index contributed by atoms with van der Waals surface area (Å²) >= 11 is 6.64. The summed E-state index contributed by atoms with van der Waals surface area (Å²) in [7, 11) is 3.36. The Bertz CT molecular complexity index is 1510. The molecule has 3 atom stereocenters. The zero-order valence-electron chi connectivity index (χ0n) is 23.9. The van der Waals surface area contributed by atoms with Crippen molar-refractivity contribution in [3.63, 3.8) is 0 Å². The van der Waals surface area contributed by atoms with E-state index < -0.39 is 0 Å². The number of halogens is 2. The molecule has 3 heterocycles. The first-order chi connectivity index (χ1) is 20.5. The van der Waals surface area contributed by atoms with Crippen LogP contribution in [0.2, 0.25) is 5.02 Å². The van der Waals surface area contributed by atoms with Gasteiger partial charge >= 0.3 is 0 Å². The van der Waals surface area contributed by atoms with Crippen molar-refractivity contribution in [3.8, 4) is 11.1 Å². The first-order valence-electron chi connectivity index (χ1n) is 14.5. The second-order valence-electron chi connectivity index (χ2n) is 11.3. The quantitative estimate of drug-likeness (QED) is 0.225. The van der Waals surface area contributed by atoms with Gasteiger partial charge in [-0.05, 0) is 67.1 Å². The fourth-order valence-corrected chi connectivity index (χ4v) is 6.36. The molecule has 2 aromatic carbocycles. The van der Waals surface area contributed by atoms with Crippen LogP contribution in [0.5, 0.6) is 0 Å². The third kappa shape index (κ3) is 6.61. The number of imidazole rings is 1. The van der Waals surface area contributed by atoms with Gasteiger partial charge in [0, 0.05) is 63.5 Å². The van der Waals surface area contributed by atoms with Crippen LogP contribution in [-0.2, 0) is 20.8 Å². The summed E-state index contributed by atoms with van der Waals surface area (Å²) < 4.78 is 32.4. The number of aromatic nitrogens is 3. The fourth-order valence-electron chi connectivity index (χ4n) is 6.14. The zero-order valence-corrected chi connectivity index (χ0v) is 24.7. The van der Waals surface area contributed by atoms with Gasteiger partial charge in [-0.2, -0.15) is 0 Å². The van der Waals surface area contributed by atoms with Crippen molar-refractivity contribution in [2.45, 2.75) is 63.3 Å². The number of fused-ring (bicyclic) bond motifs is 1. The molecule has 1 aliphatic heterocycles. The number of ether oxygens (including phenoxy) is 3. The number of nitrogens with one attached hydrogen (secondary N) is 2. The molecule has 6 rings (SSSR count). The molecule has 2 N–H and O–H groups in total. The minimum Gasteiger partial charge on any atom is -0.367 e. The molecule has 222 valence electrons. The second-order valence-corrected chi connectivity index (χ2v) is 11.7. The lowest BCUT2D eigenvalue weighted by molar-refractivity contribution is -0.192. The van der Waals surface area contributed by atoms with Gasteiger partial charge in [0.2, 0.25) is 0 Å². The highest BCUT2D eigenvalue weighted by Crippen LogP contribution is 2.33. The summed E-state index contributed by atoms with van der Waals surface area (Å²) in [5.74, 6) is 0.855. The minimum atomic E-state index is -0.244. The van der Waals surface area contributed by atoms with E-state index in [2.05, 4.69) is 26.7 Å². The SMILES string of the molecule is COC1C[C@H](CNC2CCC(Nc3cc(-c4ccc5ncn(Cc6cccc(F)c6)c5c4)c(Cl)cn3)CC2)[C@@H](OC)O1. The molecule has 1 saturated carbocycles. The Morgan fingerprint density at radius 1 is 1.02 bits per heavy atom. The highest BCUT2D eigenvalue weighted by atomic mass is 35.5. The predicted octanol–water partition coefficient (Wildman–Crippen LogP) is 6.23. The van der Waals surface area contributed by atoms with Gasteiger partial charge in [0.25, 0.3) is 0 Å². The summed E-state index contributed by atoms with van der Waals surface area (Å²) in [4.78, 5) is 9.12. The van der Waals surface area contributed by atoms with E-state index in [-0.39, 0.29) is 24.3 Å². The Hall–Kier alpha value is -3.08. The molecule has 2 aromatic heterocycles. The average Bonchev–Trinajstić information content (AvgIpc) is 3.61. The lowest BCUT2D eigenvalue weighted by atomic mass is 9.90. The van der Waals surface area contributed by atoms with Crippen LogP contribution in [0.3, 0.4) is 0 Å². The van der Waals surface area contributed by atoms with E-state index >= 15 is 0 Å². The molecule has 2 fully saturated rings. The van der Waals surface area contributed by atoms with Gasteiger partial charge in [-0.15, -0.1) is 0 Å². The molecule has 1 aliphatic carbocycles. The molecular formula is C32H37ClFN5O3. The minimum absolute atomic E-state index is 0.192. The highest BCUT2D eigenvalue weighted by Gasteiger charge is 2.35. The third-order valence-electron chi connectivity index (χ3n) is 8.44. The molecule has 8 nitrogen and oxygen atoms in total. The molecule has 10 heteroatoms. The van der Waals surface area contributed by atoms with E-state index in [1.807, 2.05) is 28.8 Å². The van der Waals surface area contributed by atoms with E-state index in [4.69, 9.17) is 25.8 Å². The van der Waals surface area contributed by atoms with Gasteiger partial charge in [-0.25, -0.2) is 14.4 Å². The van der Waals surface area contributed by atoms with Crippen LogP contribution in [0.15, 0.2) is 61.1 Å². The van der Waals surface area contributed by atoms with Crippen molar-refractivity contribution in [1.29, 1.82) is 0 Å². The number of rotatable bonds is 10. The zero-order chi connectivity index (χ0) is 29.1. The van der Waals surface area contributed by atoms with Gasteiger partial charge in [0.05, 0.1) is 22.4 Å². The van der Waals surface area contributed by atoms with Crippen molar-refractivity contribution >= 4 is 28.5 Å². The Kier molecular flexibility index (Phi) is 9.02. The van der Waals surface area contributed by atoms with Crippen LogP contribution in [0.1, 0.15) is 37.7 Å². The van der Waals surface area contributed by atoms with Crippen molar-refractivity contribution in [2.24, 2.45) is 5.92 Å². The Morgan fingerprint density at radius 3 is 2.64 bits per heavy atom. The van der Waals surface area contributed by atoms with Crippen molar-refractivity contribution in [2.75, 3.05) is 26.1 Å². The van der Waals surface area contributed by atoms with E-state index in [9.17, 15) is 4.39 Å². The Labute approximate surface area is 250 Å². The summed E-state index contributed by atoms with van der Waals surface area (Å²) in [6, 6.07) is 15.6. The molecule has 0 spiro atoms. The van der Waals surface area contributed by atoms with Crippen LogP contribution >= 0.6 is 11.6 Å². The number of hydrogen-bond donors (Lipinski definition) is 2. The van der Waals surface area contributed by atoms with E-state index in [0.29, 0.717) is 23.7 Å². The average molecular weight is 594 g/mol. The van der Waals surface area contributed by atoms with E-state index in [0.717, 1.165) is 72.2 Å². The summed E-state index contributed by atoms with van der Waals surface area (Å²) in [6.45, 7) is 1.38. The molecule has 0 bridgehead atoms. The van der Waals surface area contributed by atoms with Crippen molar-refractivity contribution in [3.05, 3.63) is 77.5 Å². The Balaban J connectivity index is 1.08. The maximum Gasteiger partial charge on any atom is 0.164 e. The first kappa shape index (κ1) is 29.0. The molecule has 1 unspecified atom stereocenters. The van der Waals surface area contributed by atoms with E-state index in [1.54, 1.807) is 38.9 Å². The van der Waals surface area contributed by atoms with Gasteiger partial charge in [-0.3, -0.25) is 0 Å². The molecule has 42 heavy (non-hydrogen) atoms. The third-order valence-corrected chi connectivity index (χ3v) is 8.74. The normalized spacial score (nSPS) is 24.3. The monoisotopic (exact) mass is 593 g/mol. The van der Waals surface area contributed by atoms with Gasteiger partial charge in [0.15, 0.2) is 12.6 Å². The van der Waals surface area contributed by atoms with Crippen LogP contribution in [0.4, 0.5) is 10.2 Å². The Morgan fingerprint density at radius 2 is 1.86 bits per heavy atom. The maximum absolute atomic E-state index is 13.7. The smallest absolute Gasteiger partial charge is 0.164 e. The summed E-state index contributed by atoms with van der Waals surface area (Å²) in [5, 5.41) is 7.96.